The van der Waals surface area contributed by atoms with Crippen molar-refractivity contribution >= 4 is 17.8 Å². The van der Waals surface area contributed by atoms with Crippen LogP contribution in [-0.2, 0) is 16.1 Å². The van der Waals surface area contributed by atoms with Crippen molar-refractivity contribution in [3.05, 3.63) is 95.3 Å². The van der Waals surface area contributed by atoms with E-state index in [2.05, 4.69) is 5.10 Å². The zero-order valence-electron chi connectivity index (χ0n) is 14.7. The Morgan fingerprint density at radius 1 is 1.07 bits per heavy atom. The standard InChI is InChI=1S/C21H16F2N2O3/c22-18-8-7-17(10-19(18)23)20(26)14-28-21(27)9-6-16-11-24-25(13-16)12-15-4-2-1-3-5-15/h1-11,13H,12,14H2/b9-6+. The molecule has 1 aromatic heterocycles. The van der Waals surface area contributed by atoms with Crippen LogP contribution in [0.15, 0.2) is 67.0 Å². The van der Waals surface area contributed by atoms with Gasteiger partial charge in [-0.15, -0.1) is 0 Å². The molecule has 0 saturated carbocycles. The maximum Gasteiger partial charge on any atom is 0.331 e. The highest BCUT2D eigenvalue weighted by molar-refractivity contribution is 5.98. The average molecular weight is 382 g/mol. The summed E-state index contributed by atoms with van der Waals surface area (Å²) in [5.41, 5.74) is 1.72. The van der Waals surface area contributed by atoms with Crippen molar-refractivity contribution in [3.8, 4) is 0 Å². The maximum absolute atomic E-state index is 13.1. The second kappa shape index (κ2) is 8.85. The van der Waals surface area contributed by atoms with Gasteiger partial charge < -0.3 is 4.74 Å². The van der Waals surface area contributed by atoms with E-state index >= 15 is 0 Å². The third-order valence-electron chi connectivity index (χ3n) is 3.84. The summed E-state index contributed by atoms with van der Waals surface area (Å²) < 4.78 is 32.6. The van der Waals surface area contributed by atoms with E-state index in [-0.39, 0.29) is 5.56 Å². The summed E-state index contributed by atoms with van der Waals surface area (Å²) >= 11 is 0. The van der Waals surface area contributed by atoms with Gasteiger partial charge in [-0.1, -0.05) is 30.3 Å². The van der Waals surface area contributed by atoms with Crippen LogP contribution in [0.3, 0.4) is 0 Å². The minimum absolute atomic E-state index is 0.0714. The number of aromatic nitrogens is 2. The van der Waals surface area contributed by atoms with Crippen LogP contribution in [0.2, 0.25) is 0 Å². The number of ether oxygens (including phenoxy) is 1. The molecule has 3 aromatic rings. The van der Waals surface area contributed by atoms with Crippen LogP contribution < -0.4 is 0 Å². The number of Topliss-reactive ketones (excluding diaryl/α,β-unsaturated/α-hetero) is 1. The van der Waals surface area contributed by atoms with E-state index in [1.807, 2.05) is 30.3 Å². The maximum atomic E-state index is 13.1. The lowest BCUT2D eigenvalue weighted by Crippen LogP contribution is -2.13. The Hall–Kier alpha value is -3.61. The zero-order valence-corrected chi connectivity index (χ0v) is 14.7. The van der Waals surface area contributed by atoms with Crippen molar-refractivity contribution in [2.24, 2.45) is 0 Å². The van der Waals surface area contributed by atoms with Crippen molar-refractivity contribution < 1.29 is 23.1 Å². The van der Waals surface area contributed by atoms with E-state index in [1.165, 1.54) is 12.2 Å². The first-order valence-corrected chi connectivity index (χ1v) is 8.41. The van der Waals surface area contributed by atoms with E-state index < -0.39 is 30.0 Å². The highest BCUT2D eigenvalue weighted by atomic mass is 19.2. The molecule has 2 aromatic carbocycles. The molecule has 0 aliphatic carbocycles. The van der Waals surface area contributed by atoms with Crippen molar-refractivity contribution in [1.82, 2.24) is 9.78 Å². The Balaban J connectivity index is 1.51. The topological polar surface area (TPSA) is 61.2 Å². The van der Waals surface area contributed by atoms with Crippen LogP contribution in [0.1, 0.15) is 21.5 Å². The van der Waals surface area contributed by atoms with Gasteiger partial charge in [-0.05, 0) is 29.8 Å². The summed E-state index contributed by atoms with van der Waals surface area (Å²) in [6, 6.07) is 12.5. The first-order chi connectivity index (χ1) is 13.5. The minimum Gasteiger partial charge on any atom is -0.454 e. The smallest absolute Gasteiger partial charge is 0.331 e. The number of esters is 1. The molecule has 1 heterocycles. The van der Waals surface area contributed by atoms with Crippen LogP contribution in [0.5, 0.6) is 0 Å². The van der Waals surface area contributed by atoms with Crippen LogP contribution in [-0.4, -0.2) is 28.1 Å². The fraction of sp³-hybridized carbons (Fsp3) is 0.0952. The highest BCUT2D eigenvalue weighted by Crippen LogP contribution is 2.10. The molecule has 0 spiro atoms. The summed E-state index contributed by atoms with van der Waals surface area (Å²) in [4.78, 5) is 23.6. The van der Waals surface area contributed by atoms with Gasteiger partial charge in [-0.2, -0.15) is 5.10 Å². The summed E-state index contributed by atoms with van der Waals surface area (Å²) in [7, 11) is 0. The summed E-state index contributed by atoms with van der Waals surface area (Å²) in [5, 5.41) is 4.21. The number of hydrogen-bond donors (Lipinski definition) is 0. The molecule has 0 aliphatic rings. The van der Waals surface area contributed by atoms with Crippen LogP contribution in [0.25, 0.3) is 6.08 Å². The lowest BCUT2D eigenvalue weighted by atomic mass is 10.1. The summed E-state index contributed by atoms with van der Waals surface area (Å²) in [6.07, 6.45) is 6.05. The largest absolute Gasteiger partial charge is 0.454 e. The predicted molar refractivity (Wildman–Crippen MR) is 98.5 cm³/mol. The third kappa shape index (κ3) is 5.20. The van der Waals surface area contributed by atoms with E-state index in [1.54, 1.807) is 17.1 Å². The monoisotopic (exact) mass is 382 g/mol. The molecule has 142 valence electrons. The molecule has 5 nitrogen and oxygen atoms in total. The van der Waals surface area contributed by atoms with Gasteiger partial charge in [0.05, 0.1) is 12.7 Å². The first kappa shape index (κ1) is 19.2. The van der Waals surface area contributed by atoms with Gasteiger partial charge in [-0.25, -0.2) is 13.6 Å². The Bertz CT molecular complexity index is 1010. The SMILES string of the molecule is O=C(/C=C/c1cnn(Cc2ccccc2)c1)OCC(=O)c1ccc(F)c(F)c1. The van der Waals surface area contributed by atoms with E-state index in [0.717, 1.165) is 23.8 Å². The number of halogens is 2. The second-order valence-electron chi connectivity index (χ2n) is 5.95. The van der Waals surface area contributed by atoms with E-state index in [0.29, 0.717) is 12.1 Å². The lowest BCUT2D eigenvalue weighted by molar-refractivity contribution is -0.136. The number of carbonyl (C=O) groups is 2. The molecule has 0 saturated heterocycles. The van der Waals surface area contributed by atoms with Gasteiger partial charge in [-0.3, -0.25) is 9.48 Å². The fourth-order valence-electron chi connectivity index (χ4n) is 2.42. The van der Waals surface area contributed by atoms with E-state index in [9.17, 15) is 18.4 Å². The van der Waals surface area contributed by atoms with Crippen molar-refractivity contribution in [2.45, 2.75) is 6.54 Å². The minimum atomic E-state index is -1.13. The second-order valence-corrected chi connectivity index (χ2v) is 5.95. The Kier molecular flexibility index (Phi) is 6.06. The van der Waals surface area contributed by atoms with Gasteiger partial charge in [0, 0.05) is 23.4 Å². The van der Waals surface area contributed by atoms with Crippen molar-refractivity contribution in [1.29, 1.82) is 0 Å². The number of hydrogen-bond acceptors (Lipinski definition) is 4. The molecule has 0 radical (unpaired) electrons. The van der Waals surface area contributed by atoms with Crippen molar-refractivity contribution in [2.75, 3.05) is 6.61 Å². The Morgan fingerprint density at radius 2 is 1.86 bits per heavy atom. The summed E-state index contributed by atoms with van der Waals surface area (Å²) in [5.74, 6) is -3.54. The molecule has 0 unspecified atom stereocenters. The van der Waals surface area contributed by atoms with Crippen LogP contribution in [0, 0.1) is 11.6 Å². The van der Waals surface area contributed by atoms with Gasteiger partial charge in [0.15, 0.2) is 24.0 Å². The van der Waals surface area contributed by atoms with Gasteiger partial charge in [0.2, 0.25) is 0 Å². The molecule has 0 bridgehead atoms. The Labute approximate surface area is 159 Å². The number of rotatable bonds is 7. The number of ketones is 1. The highest BCUT2D eigenvalue weighted by Gasteiger charge is 2.11. The average Bonchev–Trinajstić information content (AvgIpc) is 3.14. The number of carbonyl (C=O) groups excluding carboxylic acids is 2. The normalized spacial score (nSPS) is 10.9. The fourth-order valence-corrected chi connectivity index (χ4v) is 2.42. The molecular weight excluding hydrogens is 366 g/mol. The quantitative estimate of drug-likeness (QED) is 0.356. The van der Waals surface area contributed by atoms with Crippen LogP contribution in [0.4, 0.5) is 8.78 Å². The van der Waals surface area contributed by atoms with Gasteiger partial charge >= 0.3 is 5.97 Å². The Morgan fingerprint density at radius 3 is 2.61 bits per heavy atom. The van der Waals surface area contributed by atoms with Gasteiger partial charge in [0.25, 0.3) is 0 Å². The van der Waals surface area contributed by atoms with Gasteiger partial charge in [0.1, 0.15) is 0 Å². The summed E-state index contributed by atoms with van der Waals surface area (Å²) in [6.45, 7) is 0.0311. The third-order valence-corrected chi connectivity index (χ3v) is 3.84. The number of nitrogens with zero attached hydrogens (tertiary/aromatic N) is 2. The molecule has 3 rings (SSSR count). The molecule has 0 atom stereocenters. The van der Waals surface area contributed by atoms with E-state index in [4.69, 9.17) is 4.74 Å². The molecule has 0 fully saturated rings. The molecule has 0 N–H and O–H groups in total. The zero-order chi connectivity index (χ0) is 19.9. The molecule has 7 heteroatoms. The van der Waals surface area contributed by atoms with Crippen molar-refractivity contribution in [3.63, 3.8) is 0 Å². The molecular formula is C21H16F2N2O3. The molecule has 0 aliphatic heterocycles. The predicted octanol–water partition coefficient (Wildman–Crippen LogP) is 3.65. The number of benzene rings is 2. The molecule has 28 heavy (non-hydrogen) atoms. The van der Waals surface area contributed by atoms with Crippen LogP contribution >= 0.6 is 0 Å². The molecule has 0 amide bonds. The first-order valence-electron chi connectivity index (χ1n) is 8.41. The lowest BCUT2D eigenvalue weighted by Gasteiger charge is -2.02.